The van der Waals surface area contributed by atoms with Gasteiger partial charge in [0.25, 0.3) is 0 Å². The Kier molecular flexibility index (Phi) is 5.73. The Morgan fingerprint density at radius 1 is 1.20 bits per heavy atom. The first kappa shape index (κ1) is 14.8. The van der Waals surface area contributed by atoms with Crippen molar-refractivity contribution in [3.8, 4) is 0 Å². The van der Waals surface area contributed by atoms with Crippen molar-refractivity contribution in [3.05, 3.63) is 0 Å². The van der Waals surface area contributed by atoms with E-state index in [0.29, 0.717) is 13.0 Å². The Labute approximate surface area is 92.1 Å². The van der Waals surface area contributed by atoms with Crippen molar-refractivity contribution in [1.82, 2.24) is 0 Å². The van der Waals surface area contributed by atoms with Gasteiger partial charge in [-0.25, -0.2) is 4.89 Å². The van der Waals surface area contributed by atoms with Gasteiger partial charge in [-0.3, -0.25) is 5.26 Å². The molecule has 92 valence electrons. The van der Waals surface area contributed by atoms with Gasteiger partial charge in [0.1, 0.15) is 0 Å². The van der Waals surface area contributed by atoms with Gasteiger partial charge in [-0.05, 0) is 34.1 Å². The van der Waals surface area contributed by atoms with Crippen LogP contribution < -0.4 is 0 Å². The largest absolute Gasteiger partial charge is 0.396 e. The average Bonchev–Trinajstić information content (AvgIpc) is 2.14. The van der Waals surface area contributed by atoms with Crippen LogP contribution in [0.3, 0.4) is 0 Å². The summed E-state index contributed by atoms with van der Waals surface area (Å²) in [4.78, 5) is 4.38. The second-order valence-electron chi connectivity index (χ2n) is 5.36. The second-order valence-corrected chi connectivity index (χ2v) is 5.36. The molecular formula is C11H24O4. The van der Waals surface area contributed by atoms with Crippen LogP contribution in [0.1, 0.15) is 41.0 Å². The fraction of sp³-hybridized carbons (Fsp3) is 1.00. The van der Waals surface area contributed by atoms with Crippen LogP contribution in [0, 0.1) is 5.41 Å². The maximum absolute atomic E-state index is 9.34. The van der Waals surface area contributed by atoms with Gasteiger partial charge in [0, 0.05) is 5.41 Å². The molecule has 0 bridgehead atoms. The molecule has 1 unspecified atom stereocenters. The molecule has 0 spiro atoms. The first-order chi connectivity index (χ1) is 6.74. The lowest BCUT2D eigenvalue weighted by Crippen LogP contribution is -2.38. The SMILES string of the molecule is CC(C)OCC(C)(CO)CC(C)(C)OO. The van der Waals surface area contributed by atoms with Gasteiger partial charge in [-0.15, -0.1) is 0 Å². The molecule has 0 saturated carbocycles. The van der Waals surface area contributed by atoms with E-state index in [1.807, 2.05) is 20.8 Å². The van der Waals surface area contributed by atoms with Gasteiger partial charge in [-0.1, -0.05) is 6.92 Å². The van der Waals surface area contributed by atoms with Crippen LogP contribution in [0.4, 0.5) is 0 Å². The second kappa shape index (κ2) is 5.80. The van der Waals surface area contributed by atoms with Crippen LogP contribution in [0.15, 0.2) is 0 Å². The van der Waals surface area contributed by atoms with Gasteiger partial charge in [0.15, 0.2) is 0 Å². The van der Waals surface area contributed by atoms with Crippen LogP contribution in [0.25, 0.3) is 0 Å². The summed E-state index contributed by atoms with van der Waals surface area (Å²) in [5.41, 5.74) is -1.06. The summed E-state index contributed by atoms with van der Waals surface area (Å²) in [7, 11) is 0. The van der Waals surface area contributed by atoms with E-state index in [1.54, 1.807) is 13.8 Å². The molecule has 0 aromatic carbocycles. The van der Waals surface area contributed by atoms with E-state index in [0.717, 1.165) is 0 Å². The molecule has 0 aromatic rings. The zero-order chi connectivity index (χ0) is 12.1. The van der Waals surface area contributed by atoms with Gasteiger partial charge in [0.05, 0.1) is 24.9 Å². The highest BCUT2D eigenvalue weighted by atomic mass is 17.1. The van der Waals surface area contributed by atoms with E-state index in [4.69, 9.17) is 9.99 Å². The van der Waals surface area contributed by atoms with E-state index < -0.39 is 11.0 Å². The molecule has 0 aliphatic rings. The molecule has 0 amide bonds. The van der Waals surface area contributed by atoms with Gasteiger partial charge >= 0.3 is 0 Å². The third kappa shape index (κ3) is 6.10. The van der Waals surface area contributed by atoms with Crippen LogP contribution in [-0.4, -0.2) is 35.3 Å². The average molecular weight is 220 g/mol. The first-order valence-corrected chi connectivity index (χ1v) is 5.30. The Morgan fingerprint density at radius 2 is 1.73 bits per heavy atom. The van der Waals surface area contributed by atoms with Crippen molar-refractivity contribution in [2.45, 2.75) is 52.7 Å². The molecule has 0 heterocycles. The summed E-state index contributed by atoms with van der Waals surface area (Å²) in [6.07, 6.45) is 0.661. The van der Waals surface area contributed by atoms with Crippen molar-refractivity contribution in [2.75, 3.05) is 13.2 Å². The standard InChI is InChI=1S/C11H24O4/c1-9(2)14-8-11(5,7-12)6-10(3,4)15-13/h9,12-13H,6-8H2,1-5H3. The number of ether oxygens (including phenoxy) is 1. The highest BCUT2D eigenvalue weighted by Gasteiger charge is 2.33. The van der Waals surface area contributed by atoms with Crippen LogP contribution in [0.2, 0.25) is 0 Å². The van der Waals surface area contributed by atoms with Crippen molar-refractivity contribution < 1.29 is 20.0 Å². The lowest BCUT2D eigenvalue weighted by molar-refractivity contribution is -0.321. The Morgan fingerprint density at radius 3 is 2.07 bits per heavy atom. The van der Waals surface area contributed by atoms with Crippen molar-refractivity contribution in [2.24, 2.45) is 5.41 Å². The van der Waals surface area contributed by atoms with Crippen molar-refractivity contribution >= 4 is 0 Å². The van der Waals surface area contributed by atoms with Crippen LogP contribution in [0.5, 0.6) is 0 Å². The zero-order valence-electron chi connectivity index (χ0n) is 10.4. The predicted octanol–water partition coefficient (Wildman–Crippen LogP) is 2.07. The molecule has 4 nitrogen and oxygen atoms in total. The normalized spacial score (nSPS) is 16.8. The summed E-state index contributed by atoms with van der Waals surface area (Å²) in [5, 5.41) is 18.0. The maximum atomic E-state index is 9.34. The molecule has 0 fully saturated rings. The molecular weight excluding hydrogens is 196 g/mol. The molecule has 15 heavy (non-hydrogen) atoms. The van der Waals surface area contributed by atoms with Gasteiger partial charge in [-0.2, -0.15) is 0 Å². The molecule has 0 rings (SSSR count). The van der Waals surface area contributed by atoms with Crippen LogP contribution in [-0.2, 0) is 9.62 Å². The molecule has 0 aliphatic heterocycles. The molecule has 0 radical (unpaired) electrons. The minimum atomic E-state index is -0.669. The number of aliphatic hydroxyl groups is 1. The van der Waals surface area contributed by atoms with Crippen molar-refractivity contribution in [1.29, 1.82) is 0 Å². The molecule has 1 atom stereocenters. The zero-order valence-corrected chi connectivity index (χ0v) is 10.4. The highest BCUT2D eigenvalue weighted by molar-refractivity contribution is 4.82. The minimum absolute atomic E-state index is 0.00646. The minimum Gasteiger partial charge on any atom is -0.396 e. The summed E-state index contributed by atoms with van der Waals surface area (Å²) < 4.78 is 5.49. The van der Waals surface area contributed by atoms with Gasteiger partial charge in [0.2, 0.25) is 0 Å². The fourth-order valence-corrected chi connectivity index (χ4v) is 1.58. The lowest BCUT2D eigenvalue weighted by atomic mass is 9.81. The molecule has 0 saturated heterocycles. The fourth-order valence-electron chi connectivity index (χ4n) is 1.58. The molecule has 4 heteroatoms. The number of hydrogen-bond acceptors (Lipinski definition) is 4. The Hall–Kier alpha value is -0.160. The van der Waals surface area contributed by atoms with Gasteiger partial charge < -0.3 is 9.84 Å². The number of aliphatic hydroxyl groups excluding tert-OH is 1. The van der Waals surface area contributed by atoms with E-state index >= 15 is 0 Å². The third-order valence-corrected chi connectivity index (χ3v) is 2.25. The topological polar surface area (TPSA) is 58.9 Å². The van der Waals surface area contributed by atoms with E-state index in [-0.39, 0.29) is 12.7 Å². The summed E-state index contributed by atoms with van der Waals surface area (Å²) in [5.74, 6) is 0. The van der Waals surface area contributed by atoms with Crippen LogP contribution >= 0.6 is 0 Å². The van der Waals surface area contributed by atoms with E-state index in [1.165, 1.54) is 0 Å². The smallest absolute Gasteiger partial charge is 0.0984 e. The summed E-state index contributed by atoms with van der Waals surface area (Å²) in [6.45, 7) is 9.82. The Balaban J connectivity index is 4.30. The third-order valence-electron chi connectivity index (χ3n) is 2.25. The van der Waals surface area contributed by atoms with E-state index in [2.05, 4.69) is 4.89 Å². The molecule has 0 aromatic heterocycles. The van der Waals surface area contributed by atoms with E-state index in [9.17, 15) is 5.11 Å². The molecule has 2 N–H and O–H groups in total. The number of rotatable bonds is 7. The predicted molar refractivity (Wildman–Crippen MR) is 58.7 cm³/mol. The lowest BCUT2D eigenvalue weighted by Gasteiger charge is -2.34. The Bertz CT molecular complexity index is 179. The number of hydrogen-bond donors (Lipinski definition) is 2. The quantitative estimate of drug-likeness (QED) is 0.509. The van der Waals surface area contributed by atoms with Crippen molar-refractivity contribution in [3.63, 3.8) is 0 Å². The first-order valence-electron chi connectivity index (χ1n) is 5.30. The highest BCUT2D eigenvalue weighted by Crippen LogP contribution is 2.30. The monoisotopic (exact) mass is 220 g/mol. The maximum Gasteiger partial charge on any atom is 0.0984 e. The summed E-state index contributed by atoms with van der Waals surface area (Å²) >= 11 is 0. The molecule has 0 aliphatic carbocycles. The summed E-state index contributed by atoms with van der Waals surface area (Å²) in [6, 6.07) is 0.